The fourth-order valence-electron chi connectivity index (χ4n) is 3.18. The van der Waals surface area contributed by atoms with Gasteiger partial charge in [0.15, 0.2) is 9.84 Å². The van der Waals surface area contributed by atoms with Crippen molar-refractivity contribution in [3.8, 4) is 0 Å². The molecule has 6 nitrogen and oxygen atoms in total. The van der Waals surface area contributed by atoms with Crippen molar-refractivity contribution in [1.29, 1.82) is 0 Å². The second-order valence-corrected chi connectivity index (χ2v) is 7.48. The summed E-state index contributed by atoms with van der Waals surface area (Å²) in [5.74, 6) is 0. The molecule has 0 radical (unpaired) electrons. The van der Waals surface area contributed by atoms with E-state index in [1.807, 2.05) is 0 Å². The van der Waals surface area contributed by atoms with E-state index in [0.29, 0.717) is 12.8 Å². The molecule has 1 aliphatic rings. The summed E-state index contributed by atoms with van der Waals surface area (Å²) >= 11 is 0. The second kappa shape index (κ2) is 6.49. The van der Waals surface area contributed by atoms with Crippen LogP contribution in [-0.2, 0) is 9.84 Å². The van der Waals surface area contributed by atoms with E-state index in [1.165, 1.54) is 0 Å². The van der Waals surface area contributed by atoms with E-state index >= 15 is 0 Å². The number of likely N-dealkylation sites (N-methyl/N-ethyl adjacent to an activating group) is 2. The average Bonchev–Trinajstić information content (AvgIpc) is 2.44. The lowest BCUT2D eigenvalue weighted by atomic mass is 9.94. The molecule has 7 heteroatoms. The Morgan fingerprint density at radius 2 is 1.21 bits per heavy atom. The molecule has 0 aliphatic carbocycles. The number of nitrogens with one attached hydrogen (secondary N) is 2. The summed E-state index contributed by atoms with van der Waals surface area (Å²) in [5, 5.41) is 24.8. The Labute approximate surface area is 115 Å². The average molecular weight is 294 g/mol. The topological polar surface area (TPSA) is 98.7 Å². The molecule has 6 unspecified atom stereocenters. The van der Waals surface area contributed by atoms with Crippen molar-refractivity contribution in [3.05, 3.63) is 0 Å². The first-order valence-electron chi connectivity index (χ1n) is 6.80. The molecule has 0 bridgehead atoms. The van der Waals surface area contributed by atoms with Gasteiger partial charge in [-0.2, -0.15) is 0 Å². The lowest BCUT2D eigenvalue weighted by Gasteiger charge is -2.29. The number of hydrogen-bond acceptors (Lipinski definition) is 6. The molecule has 1 saturated heterocycles. The van der Waals surface area contributed by atoms with E-state index in [1.54, 1.807) is 27.9 Å². The first-order chi connectivity index (χ1) is 8.86. The summed E-state index contributed by atoms with van der Waals surface area (Å²) < 4.78 is 25.4. The third-order valence-corrected chi connectivity index (χ3v) is 7.14. The van der Waals surface area contributed by atoms with Crippen LogP contribution >= 0.6 is 0 Å². The highest BCUT2D eigenvalue weighted by Crippen LogP contribution is 2.29. The Morgan fingerprint density at radius 3 is 1.42 bits per heavy atom. The van der Waals surface area contributed by atoms with Crippen molar-refractivity contribution >= 4 is 9.84 Å². The van der Waals surface area contributed by atoms with Crippen molar-refractivity contribution in [2.24, 2.45) is 0 Å². The van der Waals surface area contributed by atoms with Crippen LogP contribution in [0.4, 0.5) is 0 Å². The van der Waals surface area contributed by atoms with Gasteiger partial charge >= 0.3 is 0 Å². The van der Waals surface area contributed by atoms with Gasteiger partial charge in [-0.05, 0) is 26.9 Å². The van der Waals surface area contributed by atoms with Crippen LogP contribution in [0.1, 0.15) is 26.7 Å². The standard InChI is InChI=1S/C12H26N2O4S/c1-5-7-9(13-3)11(15)12(16)10(14-4)8(6-2)19(7,17)18/h7-16H,5-6H2,1-4H3. The number of hydrogen-bond donors (Lipinski definition) is 4. The molecule has 6 atom stereocenters. The van der Waals surface area contributed by atoms with Crippen molar-refractivity contribution in [3.63, 3.8) is 0 Å². The van der Waals surface area contributed by atoms with E-state index in [9.17, 15) is 18.6 Å². The van der Waals surface area contributed by atoms with Crippen molar-refractivity contribution in [2.45, 2.75) is 61.5 Å². The van der Waals surface area contributed by atoms with Gasteiger partial charge in [0, 0.05) is 0 Å². The van der Waals surface area contributed by atoms with Crippen LogP contribution in [0.25, 0.3) is 0 Å². The van der Waals surface area contributed by atoms with E-state index in [0.717, 1.165) is 0 Å². The van der Waals surface area contributed by atoms with Crippen LogP contribution in [0, 0.1) is 0 Å². The Bertz CT molecular complexity index is 357. The number of rotatable bonds is 4. The second-order valence-electron chi connectivity index (χ2n) is 5.09. The molecule has 0 spiro atoms. The molecule has 1 heterocycles. The summed E-state index contributed by atoms with van der Waals surface area (Å²) in [6.45, 7) is 3.58. The van der Waals surface area contributed by atoms with Crippen molar-refractivity contribution < 1.29 is 18.6 Å². The largest absolute Gasteiger partial charge is 0.389 e. The highest BCUT2D eigenvalue weighted by atomic mass is 32.2. The van der Waals surface area contributed by atoms with Crippen LogP contribution in [0.2, 0.25) is 0 Å². The third-order valence-electron chi connectivity index (χ3n) is 4.20. The molecule has 0 aromatic heterocycles. The maximum Gasteiger partial charge on any atom is 0.159 e. The Hall–Kier alpha value is -0.210. The van der Waals surface area contributed by atoms with Gasteiger partial charge in [0.1, 0.15) is 0 Å². The molecule has 0 aromatic carbocycles. The zero-order valence-corrected chi connectivity index (χ0v) is 12.8. The maximum atomic E-state index is 12.7. The Morgan fingerprint density at radius 1 is 0.895 bits per heavy atom. The van der Waals surface area contributed by atoms with E-state index in [4.69, 9.17) is 0 Å². The van der Waals surface area contributed by atoms with Gasteiger partial charge in [0.05, 0.1) is 34.8 Å². The molecular weight excluding hydrogens is 268 g/mol. The van der Waals surface area contributed by atoms with Crippen LogP contribution in [-0.4, -0.2) is 67.5 Å². The highest BCUT2D eigenvalue weighted by molar-refractivity contribution is 7.92. The van der Waals surface area contributed by atoms with Crippen molar-refractivity contribution in [1.82, 2.24) is 10.6 Å². The zero-order valence-electron chi connectivity index (χ0n) is 12.0. The normalized spacial score (nSPS) is 42.8. The summed E-state index contributed by atoms with van der Waals surface area (Å²) in [5.41, 5.74) is 0. The molecule has 0 amide bonds. The Balaban J connectivity index is 3.36. The fraction of sp³-hybridized carbons (Fsp3) is 1.00. The van der Waals surface area contributed by atoms with E-state index in [2.05, 4.69) is 10.6 Å². The molecule has 114 valence electrons. The van der Waals surface area contributed by atoms with Gasteiger partial charge in [-0.3, -0.25) is 0 Å². The van der Waals surface area contributed by atoms with E-state index < -0.39 is 44.6 Å². The minimum Gasteiger partial charge on any atom is -0.389 e. The van der Waals surface area contributed by atoms with Crippen LogP contribution in [0.5, 0.6) is 0 Å². The lowest BCUT2D eigenvalue weighted by molar-refractivity contribution is -0.0192. The zero-order chi connectivity index (χ0) is 14.8. The summed E-state index contributed by atoms with van der Waals surface area (Å²) in [6, 6.07) is -1.31. The molecule has 0 saturated carbocycles. The molecular formula is C12H26N2O4S. The maximum absolute atomic E-state index is 12.7. The predicted molar refractivity (Wildman–Crippen MR) is 74.8 cm³/mol. The number of aliphatic hydroxyl groups excluding tert-OH is 2. The van der Waals surface area contributed by atoms with Gasteiger partial charge < -0.3 is 20.8 Å². The number of aliphatic hydroxyl groups is 2. The molecule has 0 aromatic rings. The molecule has 1 fully saturated rings. The number of sulfone groups is 1. The monoisotopic (exact) mass is 294 g/mol. The minimum atomic E-state index is -3.43. The van der Waals surface area contributed by atoms with Gasteiger partial charge in [-0.1, -0.05) is 13.8 Å². The summed E-state index contributed by atoms with van der Waals surface area (Å²) in [6.07, 6.45) is -1.41. The van der Waals surface area contributed by atoms with Gasteiger partial charge in [0.25, 0.3) is 0 Å². The summed E-state index contributed by atoms with van der Waals surface area (Å²) in [4.78, 5) is 0. The van der Waals surface area contributed by atoms with Crippen LogP contribution in [0.15, 0.2) is 0 Å². The SMILES string of the molecule is CCC1C(NC)C(O)C(O)C(NC)C(CC)S1(=O)=O. The molecule has 19 heavy (non-hydrogen) atoms. The van der Waals surface area contributed by atoms with E-state index in [-0.39, 0.29) is 0 Å². The first kappa shape index (κ1) is 16.8. The molecule has 4 N–H and O–H groups in total. The van der Waals surface area contributed by atoms with Gasteiger partial charge in [-0.25, -0.2) is 8.42 Å². The quantitative estimate of drug-likeness (QED) is 0.524. The summed E-state index contributed by atoms with van der Waals surface area (Å²) in [7, 11) is -0.213. The van der Waals surface area contributed by atoms with Gasteiger partial charge in [0.2, 0.25) is 0 Å². The lowest BCUT2D eigenvalue weighted by Crippen LogP contribution is -2.55. The first-order valence-corrected chi connectivity index (χ1v) is 8.41. The van der Waals surface area contributed by atoms with Crippen LogP contribution < -0.4 is 10.6 Å². The van der Waals surface area contributed by atoms with Crippen molar-refractivity contribution in [2.75, 3.05) is 14.1 Å². The Kier molecular flexibility index (Phi) is 5.76. The third kappa shape index (κ3) is 2.80. The fourth-order valence-corrected chi connectivity index (χ4v) is 5.97. The smallest absolute Gasteiger partial charge is 0.159 e. The van der Waals surface area contributed by atoms with Gasteiger partial charge in [-0.15, -0.1) is 0 Å². The predicted octanol–water partition coefficient (Wildman–Crippen LogP) is -1.13. The minimum absolute atomic E-state index is 0.407. The van der Waals surface area contributed by atoms with Crippen LogP contribution in [0.3, 0.4) is 0 Å². The highest BCUT2D eigenvalue weighted by Gasteiger charge is 2.50. The molecule has 1 rings (SSSR count). The molecule has 1 aliphatic heterocycles.